The van der Waals surface area contributed by atoms with Crippen molar-refractivity contribution in [3.05, 3.63) is 6.92 Å². The molecule has 1 heteroatoms. The molecule has 1 radical (unpaired) electrons. The summed E-state index contributed by atoms with van der Waals surface area (Å²) >= 11 is 0. The molecule has 0 nitrogen and oxygen atoms in total. The summed E-state index contributed by atoms with van der Waals surface area (Å²) in [5.41, 5.74) is 0.250. The van der Waals surface area contributed by atoms with Crippen molar-refractivity contribution in [2.24, 2.45) is 11.3 Å². The summed E-state index contributed by atoms with van der Waals surface area (Å²) in [5.74, 6) is 0.687. The van der Waals surface area contributed by atoms with E-state index in [0.717, 1.165) is 0 Å². The van der Waals surface area contributed by atoms with Gasteiger partial charge in [0.1, 0.15) is 0 Å². The Hall–Kier alpha value is 0.584. The van der Waals surface area contributed by atoms with Gasteiger partial charge in [0.05, 0.1) is 0 Å². The van der Waals surface area contributed by atoms with Gasteiger partial charge in [-0.2, -0.15) is 5.41 Å². The maximum Gasteiger partial charge on any atom is 2.00 e. The maximum atomic E-state index is 3.97. The zero-order valence-corrected chi connectivity index (χ0v) is 7.63. The fourth-order valence-corrected chi connectivity index (χ4v) is 0. The molecule has 0 aliphatic rings. The minimum Gasteiger partial charge on any atom is -0.337 e. The van der Waals surface area contributed by atoms with Crippen molar-refractivity contribution in [2.45, 2.75) is 27.7 Å². The van der Waals surface area contributed by atoms with Crippen LogP contribution in [-0.4, -0.2) is 0 Å². The Morgan fingerprint density at radius 3 is 1.38 bits per heavy atom. The van der Waals surface area contributed by atoms with Crippen LogP contribution >= 0.6 is 0 Å². The van der Waals surface area contributed by atoms with Crippen molar-refractivity contribution in [2.75, 3.05) is 0 Å². The van der Waals surface area contributed by atoms with Gasteiger partial charge in [0, 0.05) is 0 Å². The number of hydrogen-bond donors (Lipinski definition) is 0. The van der Waals surface area contributed by atoms with E-state index < -0.39 is 0 Å². The molecule has 0 bridgehead atoms. The van der Waals surface area contributed by atoms with Crippen LogP contribution in [0.3, 0.4) is 0 Å². The molecule has 47 valence electrons. The molecule has 0 spiro atoms. The molecule has 0 heterocycles. The third-order valence-corrected chi connectivity index (χ3v) is 1.56. The molecule has 0 N–H and O–H groups in total. The van der Waals surface area contributed by atoms with Gasteiger partial charge in [-0.25, -0.2) is 0 Å². The van der Waals surface area contributed by atoms with Crippen LogP contribution in [0.2, 0.25) is 0 Å². The van der Waals surface area contributed by atoms with Crippen LogP contribution in [0.15, 0.2) is 0 Å². The predicted octanol–water partition coefficient (Wildman–Crippen LogP) is 2.50. The van der Waals surface area contributed by atoms with E-state index in [0.29, 0.717) is 5.92 Å². The van der Waals surface area contributed by atoms with Crippen molar-refractivity contribution in [3.8, 4) is 0 Å². The summed E-state index contributed by atoms with van der Waals surface area (Å²) in [5, 5.41) is 0. The molecule has 0 aliphatic heterocycles. The fraction of sp³-hybridized carbons (Fsp3) is 0.857. The van der Waals surface area contributed by atoms with Crippen molar-refractivity contribution in [1.29, 1.82) is 0 Å². The second-order valence-electron chi connectivity index (χ2n) is 3.14. The third kappa shape index (κ3) is 4.74. The summed E-state index contributed by atoms with van der Waals surface area (Å²) in [6, 6.07) is 0. The van der Waals surface area contributed by atoms with E-state index in [4.69, 9.17) is 0 Å². The second kappa shape index (κ2) is 3.58. The minimum atomic E-state index is 0. The van der Waals surface area contributed by atoms with E-state index in [1.807, 2.05) is 0 Å². The molecule has 0 aromatic heterocycles. The van der Waals surface area contributed by atoms with E-state index in [1.165, 1.54) is 0 Å². The molecule has 0 saturated heterocycles. The average Bonchev–Trinajstić information content (AvgIpc) is 1.31. The molecular weight excluding hydrogens is 135 g/mol. The summed E-state index contributed by atoms with van der Waals surface area (Å²) in [6.07, 6.45) is 0. The number of hydrogen-bond acceptors (Lipinski definition) is 0. The molecule has 0 aromatic carbocycles. The summed E-state index contributed by atoms with van der Waals surface area (Å²) in [4.78, 5) is 0. The largest absolute Gasteiger partial charge is 2.00 e. The molecule has 8 heavy (non-hydrogen) atoms. The first-order valence-electron chi connectivity index (χ1n) is 2.80. The first kappa shape index (κ1) is 11.4. The second-order valence-corrected chi connectivity index (χ2v) is 3.14. The third-order valence-electron chi connectivity index (χ3n) is 1.56. The van der Waals surface area contributed by atoms with Crippen LogP contribution in [-0.2, 0) is 18.6 Å². The predicted molar refractivity (Wildman–Crippen MR) is 34.0 cm³/mol. The summed E-state index contributed by atoms with van der Waals surface area (Å²) in [6.45, 7) is 12.6. The SMILES string of the molecule is [CH2-]C(C)(C)C(C)C.[V+2]. The van der Waals surface area contributed by atoms with Crippen LogP contribution in [0.4, 0.5) is 0 Å². The zero-order valence-electron chi connectivity index (χ0n) is 6.23. The quantitative estimate of drug-likeness (QED) is 0.504. The smallest absolute Gasteiger partial charge is 0.337 e. The van der Waals surface area contributed by atoms with Crippen LogP contribution in [0, 0.1) is 18.3 Å². The topological polar surface area (TPSA) is 0 Å². The zero-order chi connectivity index (χ0) is 6.08. The van der Waals surface area contributed by atoms with Gasteiger partial charge in [0.25, 0.3) is 0 Å². The summed E-state index contributed by atoms with van der Waals surface area (Å²) in [7, 11) is 0. The van der Waals surface area contributed by atoms with Crippen molar-refractivity contribution in [3.63, 3.8) is 0 Å². The molecule has 0 fully saturated rings. The van der Waals surface area contributed by atoms with Crippen molar-refractivity contribution in [1.82, 2.24) is 0 Å². The monoisotopic (exact) mass is 150 g/mol. The van der Waals surface area contributed by atoms with E-state index in [2.05, 4.69) is 34.6 Å². The van der Waals surface area contributed by atoms with Gasteiger partial charge in [-0.15, -0.1) is 0 Å². The molecule has 0 atom stereocenters. The van der Waals surface area contributed by atoms with Crippen molar-refractivity contribution >= 4 is 0 Å². The molecule has 0 unspecified atom stereocenters. The van der Waals surface area contributed by atoms with Gasteiger partial charge in [0.2, 0.25) is 0 Å². The van der Waals surface area contributed by atoms with Crippen LogP contribution in [0.1, 0.15) is 27.7 Å². The van der Waals surface area contributed by atoms with Gasteiger partial charge in [0.15, 0.2) is 0 Å². The van der Waals surface area contributed by atoms with Crippen LogP contribution in [0.5, 0.6) is 0 Å². The summed E-state index contributed by atoms with van der Waals surface area (Å²) < 4.78 is 0. The Balaban J connectivity index is 0. The van der Waals surface area contributed by atoms with E-state index in [1.54, 1.807) is 0 Å². The molecule has 0 aliphatic carbocycles. The molecule has 0 aromatic rings. The average molecular weight is 150 g/mol. The van der Waals surface area contributed by atoms with Gasteiger partial charge in [-0.3, -0.25) is 0 Å². The molecule has 0 saturated carbocycles. The first-order valence-corrected chi connectivity index (χ1v) is 2.80. The Bertz CT molecular complexity index is 49.9. The van der Waals surface area contributed by atoms with Gasteiger partial charge >= 0.3 is 18.6 Å². The Morgan fingerprint density at radius 1 is 1.25 bits per heavy atom. The standard InChI is InChI=1S/C7H15.V/c1-6(2)7(3,4)5;/h6H,3H2,1-2,4-5H3;/q-1;+2. The Kier molecular flexibility index (Phi) is 5.10. The maximum absolute atomic E-state index is 3.97. The van der Waals surface area contributed by atoms with Gasteiger partial charge in [-0.05, 0) is 0 Å². The van der Waals surface area contributed by atoms with Crippen LogP contribution < -0.4 is 0 Å². The van der Waals surface area contributed by atoms with E-state index in [-0.39, 0.29) is 24.0 Å². The normalized spacial score (nSPS) is 11.2. The molecule has 0 rings (SSSR count). The minimum absolute atomic E-state index is 0. The van der Waals surface area contributed by atoms with E-state index >= 15 is 0 Å². The van der Waals surface area contributed by atoms with Crippen molar-refractivity contribution < 1.29 is 18.6 Å². The van der Waals surface area contributed by atoms with Gasteiger partial charge in [-0.1, -0.05) is 33.6 Å². The number of rotatable bonds is 1. The van der Waals surface area contributed by atoms with Crippen LogP contribution in [0.25, 0.3) is 0 Å². The Morgan fingerprint density at radius 2 is 1.38 bits per heavy atom. The fourth-order valence-electron chi connectivity index (χ4n) is 0. The van der Waals surface area contributed by atoms with E-state index in [9.17, 15) is 0 Å². The van der Waals surface area contributed by atoms with Gasteiger partial charge < -0.3 is 6.92 Å². The first-order chi connectivity index (χ1) is 2.94. The Labute approximate surface area is 64.9 Å². The molecular formula is C7H15V+. The molecule has 0 amide bonds.